The molecule has 0 saturated carbocycles. The van der Waals surface area contributed by atoms with Crippen LogP contribution in [0.5, 0.6) is 0 Å². The van der Waals surface area contributed by atoms with Gasteiger partial charge >= 0.3 is 5.97 Å². The number of hydrogen-bond donors (Lipinski definition) is 3. The molecule has 0 atom stereocenters. The molecule has 1 aliphatic rings. The second kappa shape index (κ2) is 6.01. The Morgan fingerprint density at radius 1 is 1.40 bits per heavy atom. The van der Waals surface area contributed by atoms with Gasteiger partial charge in [0.05, 0.1) is 10.0 Å². The van der Waals surface area contributed by atoms with Crippen LogP contribution in [0.3, 0.4) is 0 Å². The van der Waals surface area contributed by atoms with E-state index in [1.54, 1.807) is 11.8 Å². The van der Waals surface area contributed by atoms with Gasteiger partial charge in [-0.3, -0.25) is 9.59 Å². The predicted molar refractivity (Wildman–Crippen MR) is 79.2 cm³/mol. The minimum Gasteiger partial charge on any atom is -0.480 e. The van der Waals surface area contributed by atoms with E-state index in [1.165, 1.54) is 12.3 Å². The Balaban J connectivity index is 2.22. The Hall–Kier alpha value is -1.28. The number of aliphatic carboxylic acids is 1. The molecule has 1 aliphatic heterocycles. The molecule has 3 N–H and O–H groups in total. The molecule has 1 saturated heterocycles. The van der Waals surface area contributed by atoms with E-state index in [1.807, 2.05) is 0 Å². The predicted octanol–water partition coefficient (Wildman–Crippen LogP) is 1.22. The number of carbonyl (C=O) groups excluding carboxylic acids is 1. The van der Waals surface area contributed by atoms with Crippen LogP contribution in [0, 0.1) is 0 Å². The van der Waals surface area contributed by atoms with Gasteiger partial charge in [0.1, 0.15) is 5.54 Å². The molecule has 0 radical (unpaired) electrons. The lowest BCUT2D eigenvalue weighted by atomic mass is 9.92. The van der Waals surface area contributed by atoms with Crippen LogP contribution in [0.1, 0.15) is 23.2 Å². The summed E-state index contributed by atoms with van der Waals surface area (Å²) >= 11 is 4.71. The summed E-state index contributed by atoms with van der Waals surface area (Å²) in [5.74, 6) is -0.130. The third kappa shape index (κ3) is 3.06. The lowest BCUT2D eigenvalue weighted by Crippen LogP contribution is -2.56. The maximum Gasteiger partial charge on any atom is 0.329 e. The van der Waals surface area contributed by atoms with Gasteiger partial charge in [-0.25, -0.2) is 4.79 Å². The molecule has 108 valence electrons. The third-order valence-corrected chi connectivity index (χ3v) is 4.80. The maximum absolute atomic E-state index is 12.2. The summed E-state index contributed by atoms with van der Waals surface area (Å²) in [7, 11) is 0. The van der Waals surface area contributed by atoms with Crippen molar-refractivity contribution in [3.63, 3.8) is 0 Å². The minimum absolute atomic E-state index is 0.218. The zero-order chi connectivity index (χ0) is 14.8. The fraction of sp³-hybridized carbons (Fsp3) is 0.417. The highest BCUT2D eigenvalue weighted by Gasteiger charge is 2.41. The average Bonchev–Trinajstić information content (AvgIpc) is 2.42. The summed E-state index contributed by atoms with van der Waals surface area (Å²) in [4.78, 5) is 37.3. The smallest absolute Gasteiger partial charge is 0.329 e. The normalized spacial score (nSPS) is 17.4. The van der Waals surface area contributed by atoms with Crippen molar-refractivity contribution >= 4 is 39.6 Å². The van der Waals surface area contributed by atoms with Crippen LogP contribution in [0.4, 0.5) is 0 Å². The van der Waals surface area contributed by atoms with Crippen molar-refractivity contribution < 1.29 is 14.7 Å². The number of nitrogens with one attached hydrogen (secondary N) is 2. The van der Waals surface area contributed by atoms with Crippen molar-refractivity contribution in [2.75, 3.05) is 11.5 Å². The molecule has 0 aromatic carbocycles. The van der Waals surface area contributed by atoms with Gasteiger partial charge in [0.15, 0.2) is 0 Å². The molecule has 0 bridgehead atoms. The highest BCUT2D eigenvalue weighted by Crippen LogP contribution is 2.27. The van der Waals surface area contributed by atoms with Gasteiger partial charge in [-0.15, -0.1) is 0 Å². The van der Waals surface area contributed by atoms with Gasteiger partial charge < -0.3 is 15.4 Å². The Bertz CT molecular complexity index is 595. The Morgan fingerprint density at radius 2 is 2.05 bits per heavy atom. The van der Waals surface area contributed by atoms with Crippen LogP contribution in [0.25, 0.3) is 0 Å². The van der Waals surface area contributed by atoms with Gasteiger partial charge in [-0.05, 0) is 46.3 Å². The van der Waals surface area contributed by atoms with Gasteiger partial charge in [-0.2, -0.15) is 11.8 Å². The molecular formula is C12H13BrN2O4S. The first-order valence-electron chi connectivity index (χ1n) is 5.96. The fourth-order valence-corrected chi connectivity index (χ4v) is 3.54. The summed E-state index contributed by atoms with van der Waals surface area (Å²) < 4.78 is 0.230. The van der Waals surface area contributed by atoms with Crippen molar-refractivity contribution in [1.82, 2.24) is 10.3 Å². The Labute approximate surface area is 127 Å². The first-order chi connectivity index (χ1) is 9.44. The van der Waals surface area contributed by atoms with Crippen molar-refractivity contribution in [2.24, 2.45) is 0 Å². The van der Waals surface area contributed by atoms with Crippen LogP contribution in [-0.2, 0) is 4.79 Å². The molecule has 0 aliphatic carbocycles. The summed E-state index contributed by atoms with van der Waals surface area (Å²) in [6.07, 6.45) is 2.06. The van der Waals surface area contributed by atoms with E-state index in [9.17, 15) is 19.5 Å². The summed E-state index contributed by atoms with van der Waals surface area (Å²) in [6, 6.07) is 1.38. The number of thioether (sulfide) groups is 1. The first-order valence-corrected chi connectivity index (χ1v) is 7.91. The lowest BCUT2D eigenvalue weighted by Gasteiger charge is -2.33. The topological polar surface area (TPSA) is 99.3 Å². The molecule has 6 nitrogen and oxygen atoms in total. The number of rotatable bonds is 3. The number of carboxylic acids is 1. The van der Waals surface area contributed by atoms with E-state index in [0.717, 1.165) is 0 Å². The monoisotopic (exact) mass is 360 g/mol. The number of carbonyl (C=O) groups is 2. The quantitative estimate of drug-likeness (QED) is 0.752. The number of hydrogen-bond acceptors (Lipinski definition) is 4. The van der Waals surface area contributed by atoms with E-state index >= 15 is 0 Å². The van der Waals surface area contributed by atoms with Crippen molar-refractivity contribution in [1.29, 1.82) is 0 Å². The molecule has 0 unspecified atom stereocenters. The number of aromatic nitrogens is 1. The number of halogens is 1. The van der Waals surface area contributed by atoms with Gasteiger partial charge in [0.25, 0.3) is 11.5 Å². The van der Waals surface area contributed by atoms with Gasteiger partial charge in [0.2, 0.25) is 0 Å². The van der Waals surface area contributed by atoms with Crippen molar-refractivity contribution in [3.05, 3.63) is 32.7 Å². The molecule has 1 amide bonds. The summed E-state index contributed by atoms with van der Waals surface area (Å²) in [5, 5.41) is 12.0. The fourth-order valence-electron chi connectivity index (χ4n) is 1.99. The van der Waals surface area contributed by atoms with E-state index in [4.69, 9.17) is 0 Å². The van der Waals surface area contributed by atoms with Crippen LogP contribution >= 0.6 is 27.7 Å². The SMILES string of the molecule is O=C(NC1(C(=O)O)CCSCC1)c1c[nH]c(=O)c(Br)c1. The van der Waals surface area contributed by atoms with Crippen LogP contribution in [-0.4, -0.2) is 39.0 Å². The summed E-state index contributed by atoms with van der Waals surface area (Å²) in [6.45, 7) is 0. The van der Waals surface area contributed by atoms with Crippen LogP contribution in [0.15, 0.2) is 21.5 Å². The number of aromatic amines is 1. The molecule has 0 spiro atoms. The molecule has 1 fully saturated rings. The third-order valence-electron chi connectivity index (χ3n) is 3.23. The average molecular weight is 361 g/mol. The zero-order valence-electron chi connectivity index (χ0n) is 10.4. The number of pyridine rings is 1. The molecular weight excluding hydrogens is 348 g/mol. The number of amides is 1. The van der Waals surface area contributed by atoms with Crippen molar-refractivity contribution in [2.45, 2.75) is 18.4 Å². The molecule has 1 aromatic heterocycles. The Morgan fingerprint density at radius 3 is 2.60 bits per heavy atom. The first kappa shape index (κ1) is 15.1. The van der Waals surface area contributed by atoms with E-state index < -0.39 is 17.4 Å². The number of carboxylic acid groups (broad SMARTS) is 1. The molecule has 1 aromatic rings. The molecule has 2 heterocycles. The second-order valence-electron chi connectivity index (χ2n) is 4.52. The molecule has 20 heavy (non-hydrogen) atoms. The van der Waals surface area contributed by atoms with E-state index in [0.29, 0.717) is 24.3 Å². The Kier molecular flexibility index (Phi) is 4.54. The summed E-state index contributed by atoms with van der Waals surface area (Å²) in [5.41, 5.74) is -1.34. The standard InChI is InChI=1S/C12H13BrN2O4S/c13-8-5-7(6-14-10(8)17)9(16)15-12(11(18)19)1-3-20-4-2-12/h5-6H,1-4H2,(H,14,17)(H,15,16)(H,18,19). The minimum atomic E-state index is -1.22. The molecule has 2 rings (SSSR count). The lowest BCUT2D eigenvalue weighted by molar-refractivity contribution is -0.144. The van der Waals surface area contributed by atoms with Crippen LogP contribution < -0.4 is 10.9 Å². The largest absolute Gasteiger partial charge is 0.480 e. The number of H-pyrrole nitrogens is 1. The highest BCUT2D eigenvalue weighted by atomic mass is 79.9. The van der Waals surface area contributed by atoms with Crippen LogP contribution in [0.2, 0.25) is 0 Å². The zero-order valence-corrected chi connectivity index (χ0v) is 12.8. The van der Waals surface area contributed by atoms with Gasteiger partial charge in [-0.1, -0.05) is 0 Å². The second-order valence-corrected chi connectivity index (χ2v) is 6.60. The van der Waals surface area contributed by atoms with Crippen molar-refractivity contribution in [3.8, 4) is 0 Å². The van der Waals surface area contributed by atoms with E-state index in [-0.39, 0.29) is 15.6 Å². The molecule has 8 heteroatoms. The van der Waals surface area contributed by atoms with E-state index in [2.05, 4.69) is 26.2 Å². The van der Waals surface area contributed by atoms with Gasteiger partial charge in [0, 0.05) is 6.20 Å². The highest BCUT2D eigenvalue weighted by molar-refractivity contribution is 9.10. The maximum atomic E-state index is 12.2.